The van der Waals surface area contributed by atoms with Crippen LogP contribution in [0.1, 0.15) is 18.9 Å². The van der Waals surface area contributed by atoms with Gasteiger partial charge in [0.05, 0.1) is 12.5 Å². The predicted molar refractivity (Wildman–Crippen MR) is 95.7 cm³/mol. The summed E-state index contributed by atoms with van der Waals surface area (Å²) in [4.78, 5) is 39.6. The third kappa shape index (κ3) is 3.95. The molecule has 6 nitrogen and oxygen atoms in total. The van der Waals surface area contributed by atoms with Gasteiger partial charge in [-0.2, -0.15) is 0 Å². The van der Waals surface area contributed by atoms with E-state index in [0.717, 1.165) is 15.7 Å². The summed E-state index contributed by atoms with van der Waals surface area (Å²) in [6.45, 7) is 4.59. The zero-order valence-electron chi connectivity index (χ0n) is 14.1. The Morgan fingerprint density at radius 3 is 2.71 bits per heavy atom. The van der Waals surface area contributed by atoms with E-state index in [4.69, 9.17) is 0 Å². The second kappa shape index (κ2) is 7.79. The molecule has 0 bridgehead atoms. The van der Waals surface area contributed by atoms with Crippen molar-refractivity contribution < 1.29 is 14.4 Å². The minimum Gasteiger partial charge on any atom is -0.358 e. The van der Waals surface area contributed by atoms with Gasteiger partial charge in [-0.25, -0.2) is 0 Å². The maximum Gasteiger partial charge on any atom is 0.239 e. The Morgan fingerprint density at radius 2 is 2.12 bits per heavy atom. The number of carbonyl (C=O) groups is 3. The summed E-state index contributed by atoms with van der Waals surface area (Å²) >= 11 is 3.44. The van der Waals surface area contributed by atoms with Crippen LogP contribution in [0.3, 0.4) is 0 Å². The molecule has 1 N–H and O–H groups in total. The molecule has 3 amide bonds. The van der Waals surface area contributed by atoms with E-state index in [1.165, 1.54) is 11.9 Å². The molecule has 0 unspecified atom stereocenters. The molecule has 2 rings (SSSR count). The Hall–Kier alpha value is -1.89. The summed E-state index contributed by atoms with van der Waals surface area (Å²) in [5.41, 5.74) is 1.83. The Bertz CT molecular complexity index is 662. The normalized spacial score (nSPS) is 17.1. The molecule has 1 atom stereocenters. The molecule has 1 aliphatic rings. The second-order valence-electron chi connectivity index (χ2n) is 5.86. The number of likely N-dealkylation sites (N-methyl/N-ethyl adjacent to an activating group) is 2. The molecule has 0 radical (unpaired) electrons. The fraction of sp³-hybridized carbons (Fsp3) is 0.471. The Kier molecular flexibility index (Phi) is 5.99. The molecule has 7 heteroatoms. The number of benzene rings is 1. The molecular formula is C17H22BrN3O3. The van der Waals surface area contributed by atoms with Gasteiger partial charge in [-0.15, -0.1) is 0 Å². The maximum absolute atomic E-state index is 12.6. The van der Waals surface area contributed by atoms with Gasteiger partial charge < -0.3 is 15.1 Å². The Morgan fingerprint density at radius 1 is 1.42 bits per heavy atom. The fourth-order valence-corrected chi connectivity index (χ4v) is 3.02. The third-order valence-corrected chi connectivity index (χ3v) is 5.12. The van der Waals surface area contributed by atoms with E-state index in [-0.39, 0.29) is 30.7 Å². The summed E-state index contributed by atoms with van der Waals surface area (Å²) < 4.78 is 0.980. The lowest BCUT2D eigenvalue weighted by molar-refractivity contribution is -0.139. The van der Waals surface area contributed by atoms with Crippen LogP contribution in [0, 0.1) is 12.8 Å². The molecule has 1 aromatic carbocycles. The highest BCUT2D eigenvalue weighted by atomic mass is 79.9. The number of anilines is 1. The van der Waals surface area contributed by atoms with Crippen molar-refractivity contribution in [3.63, 3.8) is 0 Å². The van der Waals surface area contributed by atoms with Crippen LogP contribution in [0.15, 0.2) is 22.7 Å². The Labute approximate surface area is 150 Å². The average molecular weight is 396 g/mol. The first-order chi connectivity index (χ1) is 11.4. The third-order valence-electron chi connectivity index (χ3n) is 4.23. The van der Waals surface area contributed by atoms with Crippen molar-refractivity contribution in [2.24, 2.45) is 5.92 Å². The van der Waals surface area contributed by atoms with Crippen molar-refractivity contribution in [1.82, 2.24) is 10.2 Å². The van der Waals surface area contributed by atoms with Crippen molar-refractivity contribution >= 4 is 39.3 Å². The number of rotatable bonds is 5. The lowest BCUT2D eigenvalue weighted by atomic mass is 10.1. The first-order valence-corrected chi connectivity index (χ1v) is 8.72. The number of hydrogen-bond donors (Lipinski definition) is 1. The van der Waals surface area contributed by atoms with Crippen LogP contribution in [0.4, 0.5) is 5.69 Å². The summed E-state index contributed by atoms with van der Waals surface area (Å²) in [5, 5.41) is 2.52. The number of aryl methyl sites for hydroxylation is 1. The molecule has 1 aromatic rings. The van der Waals surface area contributed by atoms with E-state index in [1.807, 2.05) is 32.0 Å². The zero-order chi connectivity index (χ0) is 17.9. The smallest absolute Gasteiger partial charge is 0.239 e. The number of halogens is 1. The number of nitrogens with one attached hydrogen (secondary N) is 1. The molecular weight excluding hydrogens is 374 g/mol. The van der Waals surface area contributed by atoms with Gasteiger partial charge in [0.25, 0.3) is 0 Å². The van der Waals surface area contributed by atoms with E-state index in [0.29, 0.717) is 13.1 Å². The SMILES string of the molecule is CCN(CC(=O)NC)C(=O)[C@H]1CC(=O)N(c2ccc(Br)c(C)c2)C1. The first-order valence-electron chi connectivity index (χ1n) is 7.93. The van der Waals surface area contributed by atoms with Gasteiger partial charge in [-0.3, -0.25) is 14.4 Å². The summed E-state index contributed by atoms with van der Waals surface area (Å²) in [6.07, 6.45) is 0.179. The zero-order valence-corrected chi connectivity index (χ0v) is 15.7. The average Bonchev–Trinajstić information content (AvgIpc) is 2.96. The predicted octanol–water partition coefficient (Wildman–Crippen LogP) is 1.70. The molecule has 1 heterocycles. The van der Waals surface area contributed by atoms with Crippen molar-refractivity contribution in [2.75, 3.05) is 31.6 Å². The highest BCUT2D eigenvalue weighted by Gasteiger charge is 2.37. The molecule has 130 valence electrons. The highest BCUT2D eigenvalue weighted by molar-refractivity contribution is 9.10. The standard InChI is InChI=1S/C17H22BrN3O3/c1-4-20(10-15(22)19-3)17(24)12-8-16(23)21(9-12)13-5-6-14(18)11(2)7-13/h5-7,12H,4,8-10H2,1-3H3,(H,19,22)/t12-/m0/s1. The quantitative estimate of drug-likeness (QED) is 0.824. The van der Waals surface area contributed by atoms with Gasteiger partial charge >= 0.3 is 0 Å². The number of hydrogen-bond acceptors (Lipinski definition) is 3. The lowest BCUT2D eigenvalue weighted by Crippen LogP contribution is -2.43. The van der Waals surface area contributed by atoms with E-state index in [1.54, 1.807) is 4.90 Å². The summed E-state index contributed by atoms with van der Waals surface area (Å²) in [6, 6.07) is 5.69. The maximum atomic E-state index is 12.6. The van der Waals surface area contributed by atoms with Crippen molar-refractivity contribution in [3.8, 4) is 0 Å². The molecule has 1 fully saturated rings. The molecule has 1 saturated heterocycles. The summed E-state index contributed by atoms with van der Waals surface area (Å²) in [7, 11) is 1.54. The minimum absolute atomic E-state index is 0.0217. The minimum atomic E-state index is -0.411. The first kappa shape index (κ1) is 18.4. The van der Waals surface area contributed by atoms with Gasteiger partial charge in [0.2, 0.25) is 17.7 Å². The number of carbonyl (C=O) groups excluding carboxylic acids is 3. The van der Waals surface area contributed by atoms with Crippen LogP contribution in [0.2, 0.25) is 0 Å². The van der Waals surface area contributed by atoms with Crippen LogP contribution in [0.25, 0.3) is 0 Å². The van der Waals surface area contributed by atoms with Crippen molar-refractivity contribution in [3.05, 3.63) is 28.2 Å². The van der Waals surface area contributed by atoms with Gasteiger partial charge in [0.1, 0.15) is 0 Å². The van der Waals surface area contributed by atoms with Crippen molar-refractivity contribution in [1.29, 1.82) is 0 Å². The molecule has 0 spiro atoms. The number of amides is 3. The fourth-order valence-electron chi connectivity index (χ4n) is 2.78. The van der Waals surface area contributed by atoms with Crippen LogP contribution >= 0.6 is 15.9 Å². The topological polar surface area (TPSA) is 69.7 Å². The largest absolute Gasteiger partial charge is 0.358 e. The second-order valence-corrected chi connectivity index (χ2v) is 6.72. The van der Waals surface area contributed by atoms with Gasteiger partial charge in [0.15, 0.2) is 0 Å². The van der Waals surface area contributed by atoms with Gasteiger partial charge in [-0.1, -0.05) is 15.9 Å². The van der Waals surface area contributed by atoms with Crippen molar-refractivity contribution in [2.45, 2.75) is 20.3 Å². The van der Waals surface area contributed by atoms with Gasteiger partial charge in [0, 0.05) is 36.7 Å². The van der Waals surface area contributed by atoms with Crippen LogP contribution in [-0.2, 0) is 14.4 Å². The van der Waals surface area contributed by atoms with Gasteiger partial charge in [-0.05, 0) is 37.6 Å². The monoisotopic (exact) mass is 395 g/mol. The van der Waals surface area contributed by atoms with E-state index < -0.39 is 5.92 Å². The summed E-state index contributed by atoms with van der Waals surface area (Å²) in [5.74, 6) is -0.835. The molecule has 0 aliphatic carbocycles. The molecule has 0 saturated carbocycles. The highest BCUT2D eigenvalue weighted by Crippen LogP contribution is 2.29. The van der Waals surface area contributed by atoms with E-state index in [9.17, 15) is 14.4 Å². The molecule has 1 aliphatic heterocycles. The lowest BCUT2D eigenvalue weighted by Gasteiger charge is -2.23. The van der Waals surface area contributed by atoms with Crippen LogP contribution in [0.5, 0.6) is 0 Å². The molecule has 24 heavy (non-hydrogen) atoms. The Balaban J connectivity index is 2.11. The van der Waals surface area contributed by atoms with Crippen LogP contribution in [-0.4, -0.2) is 49.3 Å². The molecule has 0 aromatic heterocycles. The number of nitrogens with zero attached hydrogens (tertiary/aromatic N) is 2. The van der Waals surface area contributed by atoms with Crippen LogP contribution < -0.4 is 10.2 Å². The van der Waals surface area contributed by atoms with E-state index in [2.05, 4.69) is 21.2 Å². The van der Waals surface area contributed by atoms with E-state index >= 15 is 0 Å².